The zero-order valence-electron chi connectivity index (χ0n) is 12.7. The highest BCUT2D eigenvalue weighted by molar-refractivity contribution is 7.80. The molecule has 1 aromatic heterocycles. The number of likely N-dealkylation sites (tertiary alicyclic amines) is 2. The molecule has 0 spiro atoms. The summed E-state index contributed by atoms with van der Waals surface area (Å²) in [6, 6.07) is 4.89. The van der Waals surface area contributed by atoms with Crippen LogP contribution < -0.4 is 5.73 Å². The van der Waals surface area contributed by atoms with Crippen molar-refractivity contribution in [2.75, 3.05) is 26.7 Å². The van der Waals surface area contributed by atoms with Crippen LogP contribution in [0.5, 0.6) is 0 Å². The minimum atomic E-state index is 0.379. The van der Waals surface area contributed by atoms with Crippen LogP contribution in [0.4, 0.5) is 0 Å². The summed E-state index contributed by atoms with van der Waals surface area (Å²) in [7, 11) is 2.28. The molecule has 2 aliphatic rings. The molecule has 0 saturated carbocycles. The molecule has 4 nitrogen and oxygen atoms in total. The van der Waals surface area contributed by atoms with Gasteiger partial charge in [-0.3, -0.25) is 9.88 Å². The molecule has 5 heteroatoms. The standard InChI is InChI=1S/C16H24N4S/c1-19-7-2-3-13-11-20(8-5-15(13)19)10-12-4-6-18-14(9-12)16(17)21/h4,6,9,13,15H,2-3,5,7-8,10-11H2,1H3,(H2,17,21). The molecule has 0 bridgehead atoms. The van der Waals surface area contributed by atoms with Crippen LogP contribution in [0.2, 0.25) is 0 Å². The lowest BCUT2D eigenvalue weighted by Gasteiger charge is -2.46. The lowest BCUT2D eigenvalue weighted by atomic mass is 9.84. The van der Waals surface area contributed by atoms with Crippen molar-refractivity contribution in [3.05, 3.63) is 29.6 Å². The number of hydrogen-bond donors (Lipinski definition) is 1. The Kier molecular flexibility index (Phi) is 4.52. The van der Waals surface area contributed by atoms with Crippen LogP contribution >= 0.6 is 12.2 Å². The molecule has 2 aliphatic heterocycles. The van der Waals surface area contributed by atoms with Crippen LogP contribution in [0.3, 0.4) is 0 Å². The Bertz CT molecular complexity index is 519. The van der Waals surface area contributed by atoms with Gasteiger partial charge in [-0.15, -0.1) is 0 Å². The van der Waals surface area contributed by atoms with E-state index in [9.17, 15) is 0 Å². The van der Waals surface area contributed by atoms with Crippen molar-refractivity contribution >= 4 is 17.2 Å². The van der Waals surface area contributed by atoms with Crippen LogP contribution in [0, 0.1) is 5.92 Å². The van der Waals surface area contributed by atoms with Crippen LogP contribution in [0.25, 0.3) is 0 Å². The van der Waals surface area contributed by atoms with Gasteiger partial charge in [0, 0.05) is 25.3 Å². The third-order valence-electron chi connectivity index (χ3n) is 4.91. The molecule has 3 heterocycles. The molecule has 1 aromatic rings. The monoisotopic (exact) mass is 304 g/mol. The van der Waals surface area contributed by atoms with Crippen LogP contribution in [-0.4, -0.2) is 52.5 Å². The SMILES string of the molecule is CN1CCCC2CN(Cc3ccnc(C(N)=S)c3)CCC21. The molecule has 2 unspecified atom stereocenters. The van der Waals surface area contributed by atoms with E-state index in [0.717, 1.165) is 24.2 Å². The molecular weight excluding hydrogens is 280 g/mol. The van der Waals surface area contributed by atoms with Gasteiger partial charge in [0.15, 0.2) is 0 Å². The normalized spacial score (nSPS) is 27.3. The Hall–Kier alpha value is -1.04. The molecule has 2 N–H and O–H groups in total. The summed E-state index contributed by atoms with van der Waals surface area (Å²) in [5.41, 5.74) is 7.66. The molecule has 0 amide bonds. The first-order valence-electron chi connectivity index (χ1n) is 7.81. The van der Waals surface area contributed by atoms with Gasteiger partial charge in [0.05, 0.1) is 5.69 Å². The topological polar surface area (TPSA) is 45.4 Å². The van der Waals surface area contributed by atoms with E-state index in [1.54, 1.807) is 0 Å². The first-order valence-corrected chi connectivity index (χ1v) is 8.21. The van der Waals surface area contributed by atoms with Gasteiger partial charge in [0.25, 0.3) is 0 Å². The largest absolute Gasteiger partial charge is 0.388 e. The summed E-state index contributed by atoms with van der Waals surface area (Å²) >= 11 is 5.01. The van der Waals surface area contributed by atoms with E-state index in [-0.39, 0.29) is 0 Å². The van der Waals surface area contributed by atoms with E-state index < -0.39 is 0 Å². The van der Waals surface area contributed by atoms with Gasteiger partial charge in [-0.2, -0.15) is 0 Å². The zero-order chi connectivity index (χ0) is 14.8. The van der Waals surface area contributed by atoms with Crippen LogP contribution in [-0.2, 0) is 6.54 Å². The van der Waals surface area contributed by atoms with E-state index in [4.69, 9.17) is 18.0 Å². The fourth-order valence-corrected chi connectivity index (χ4v) is 3.95. The van der Waals surface area contributed by atoms with Gasteiger partial charge in [0.2, 0.25) is 0 Å². The molecule has 3 rings (SSSR count). The number of thiocarbonyl (C=S) groups is 1. The molecule has 2 fully saturated rings. The Labute approximate surface area is 132 Å². The quantitative estimate of drug-likeness (QED) is 0.860. The number of nitrogens with zero attached hydrogens (tertiary/aromatic N) is 3. The minimum absolute atomic E-state index is 0.379. The first kappa shape index (κ1) is 14.9. The Morgan fingerprint density at radius 1 is 1.43 bits per heavy atom. The zero-order valence-corrected chi connectivity index (χ0v) is 13.5. The highest BCUT2D eigenvalue weighted by atomic mass is 32.1. The maximum Gasteiger partial charge on any atom is 0.122 e. The lowest BCUT2D eigenvalue weighted by molar-refractivity contribution is 0.0355. The molecule has 0 aliphatic carbocycles. The number of nitrogens with two attached hydrogens (primary N) is 1. The Balaban J connectivity index is 1.64. The second-order valence-electron chi connectivity index (χ2n) is 6.39. The average Bonchev–Trinajstić information content (AvgIpc) is 2.47. The van der Waals surface area contributed by atoms with E-state index in [1.165, 1.54) is 44.5 Å². The average molecular weight is 304 g/mol. The van der Waals surface area contributed by atoms with Crippen molar-refractivity contribution < 1.29 is 0 Å². The van der Waals surface area contributed by atoms with E-state index in [2.05, 4.69) is 27.9 Å². The van der Waals surface area contributed by atoms with E-state index in [0.29, 0.717) is 4.99 Å². The summed E-state index contributed by atoms with van der Waals surface area (Å²) < 4.78 is 0. The highest BCUT2D eigenvalue weighted by Crippen LogP contribution is 2.30. The van der Waals surface area contributed by atoms with Crippen molar-refractivity contribution in [3.8, 4) is 0 Å². The fraction of sp³-hybridized carbons (Fsp3) is 0.625. The molecule has 2 saturated heterocycles. The van der Waals surface area contributed by atoms with Gasteiger partial charge < -0.3 is 10.6 Å². The summed E-state index contributed by atoms with van der Waals surface area (Å²) in [6.45, 7) is 4.63. The predicted octanol–water partition coefficient (Wildman–Crippen LogP) is 1.63. The Morgan fingerprint density at radius 3 is 3.10 bits per heavy atom. The number of aromatic nitrogens is 1. The summed E-state index contributed by atoms with van der Waals surface area (Å²) in [5, 5.41) is 0. The number of fused-ring (bicyclic) bond motifs is 1. The molecule has 114 valence electrons. The summed E-state index contributed by atoms with van der Waals surface area (Å²) in [6.07, 6.45) is 5.81. The van der Waals surface area contributed by atoms with Crippen LogP contribution in [0.1, 0.15) is 30.5 Å². The molecule has 21 heavy (non-hydrogen) atoms. The summed E-state index contributed by atoms with van der Waals surface area (Å²) in [4.78, 5) is 9.72. The van der Waals surface area contributed by atoms with Crippen molar-refractivity contribution in [2.45, 2.75) is 31.8 Å². The van der Waals surface area contributed by atoms with Gasteiger partial charge in [-0.05, 0) is 63.0 Å². The third-order valence-corrected chi connectivity index (χ3v) is 5.12. The van der Waals surface area contributed by atoms with Crippen molar-refractivity contribution in [3.63, 3.8) is 0 Å². The number of rotatable bonds is 3. The number of piperidine rings is 2. The van der Waals surface area contributed by atoms with Crippen molar-refractivity contribution in [1.82, 2.24) is 14.8 Å². The number of pyridine rings is 1. The number of hydrogen-bond acceptors (Lipinski definition) is 4. The molecular formula is C16H24N4S. The molecule has 2 atom stereocenters. The van der Waals surface area contributed by atoms with Crippen molar-refractivity contribution in [2.24, 2.45) is 11.7 Å². The van der Waals surface area contributed by atoms with Crippen LogP contribution in [0.15, 0.2) is 18.3 Å². The first-order chi connectivity index (χ1) is 10.1. The van der Waals surface area contributed by atoms with Gasteiger partial charge in [-0.1, -0.05) is 12.2 Å². The molecule has 0 aromatic carbocycles. The second-order valence-corrected chi connectivity index (χ2v) is 6.83. The Morgan fingerprint density at radius 2 is 2.29 bits per heavy atom. The molecule has 0 radical (unpaired) electrons. The maximum absolute atomic E-state index is 5.67. The second kappa shape index (κ2) is 6.38. The van der Waals surface area contributed by atoms with E-state index >= 15 is 0 Å². The lowest BCUT2D eigenvalue weighted by Crippen LogP contribution is -2.52. The maximum atomic E-state index is 5.67. The summed E-state index contributed by atoms with van der Waals surface area (Å²) in [5.74, 6) is 0.828. The smallest absolute Gasteiger partial charge is 0.122 e. The van der Waals surface area contributed by atoms with Crippen molar-refractivity contribution in [1.29, 1.82) is 0 Å². The van der Waals surface area contributed by atoms with Gasteiger partial charge >= 0.3 is 0 Å². The van der Waals surface area contributed by atoms with Gasteiger partial charge in [-0.25, -0.2) is 0 Å². The highest BCUT2D eigenvalue weighted by Gasteiger charge is 2.33. The minimum Gasteiger partial charge on any atom is -0.388 e. The van der Waals surface area contributed by atoms with E-state index in [1.807, 2.05) is 12.3 Å². The third kappa shape index (κ3) is 3.42. The predicted molar refractivity (Wildman–Crippen MR) is 89.2 cm³/mol. The van der Waals surface area contributed by atoms with Gasteiger partial charge in [0.1, 0.15) is 4.99 Å². The fourth-order valence-electron chi connectivity index (χ4n) is 3.84.